The Bertz CT molecular complexity index is 1070. The van der Waals surface area contributed by atoms with Gasteiger partial charge in [-0.25, -0.2) is 13.4 Å². The Labute approximate surface area is 184 Å². The number of hydrogen-bond donors (Lipinski definition) is 0. The minimum absolute atomic E-state index is 0.0170. The van der Waals surface area contributed by atoms with Crippen LogP contribution in [0.2, 0.25) is 0 Å². The minimum Gasteiger partial charge on any atom is -0.472 e. The highest BCUT2D eigenvalue weighted by molar-refractivity contribution is 7.89. The molecule has 5 rings (SSSR count). The number of ether oxygens (including phenoxy) is 1. The van der Waals surface area contributed by atoms with E-state index in [1.165, 1.54) is 4.31 Å². The molecule has 2 aromatic rings. The highest BCUT2D eigenvalue weighted by Gasteiger charge is 2.41. The topological polar surface area (TPSA) is 75.6 Å². The maximum atomic E-state index is 13.0. The van der Waals surface area contributed by atoms with E-state index in [2.05, 4.69) is 14.9 Å². The van der Waals surface area contributed by atoms with E-state index in [1.54, 1.807) is 12.4 Å². The van der Waals surface area contributed by atoms with Crippen molar-refractivity contribution in [1.29, 1.82) is 0 Å². The van der Waals surface area contributed by atoms with Crippen LogP contribution in [0.4, 0.5) is 13.2 Å². The zero-order valence-electron chi connectivity index (χ0n) is 17.2. The van der Waals surface area contributed by atoms with E-state index in [0.29, 0.717) is 31.3 Å². The average Bonchev–Trinajstić information content (AvgIpc) is 3.53. The monoisotopic (exact) mass is 468 g/mol. The van der Waals surface area contributed by atoms with Crippen LogP contribution in [0.1, 0.15) is 36.4 Å². The molecule has 1 aromatic heterocycles. The number of aromatic nitrogens is 2. The lowest BCUT2D eigenvalue weighted by Gasteiger charge is -2.36. The summed E-state index contributed by atoms with van der Waals surface area (Å²) >= 11 is 0. The maximum absolute atomic E-state index is 13.0. The Balaban J connectivity index is 1.22. The molecular weight excluding hydrogens is 445 g/mol. The highest BCUT2D eigenvalue weighted by Crippen LogP contribution is 2.38. The molecule has 0 spiro atoms. The lowest BCUT2D eigenvalue weighted by atomic mass is 10.2. The van der Waals surface area contributed by atoms with Crippen molar-refractivity contribution in [1.82, 2.24) is 19.2 Å². The van der Waals surface area contributed by atoms with Gasteiger partial charge in [0.1, 0.15) is 6.10 Å². The number of halogens is 3. The summed E-state index contributed by atoms with van der Waals surface area (Å²) in [6.45, 7) is 1.76. The highest BCUT2D eigenvalue weighted by atomic mass is 32.2. The van der Waals surface area contributed by atoms with Crippen LogP contribution in [-0.4, -0.2) is 65.9 Å². The number of piperazine rings is 1. The van der Waals surface area contributed by atoms with Gasteiger partial charge in [0, 0.05) is 44.6 Å². The molecule has 1 saturated carbocycles. The van der Waals surface area contributed by atoms with Crippen LogP contribution in [0.3, 0.4) is 0 Å². The maximum Gasteiger partial charge on any atom is 0.416 e. The molecule has 0 radical (unpaired) electrons. The van der Waals surface area contributed by atoms with E-state index in [9.17, 15) is 21.6 Å². The molecule has 3 heterocycles. The number of benzene rings is 1. The number of alkyl halides is 3. The van der Waals surface area contributed by atoms with Crippen LogP contribution in [0, 0.1) is 0 Å². The average molecular weight is 469 g/mol. The summed E-state index contributed by atoms with van der Waals surface area (Å²) in [4.78, 5) is 10.8. The van der Waals surface area contributed by atoms with Crippen LogP contribution in [0.5, 0.6) is 5.88 Å². The summed E-state index contributed by atoms with van der Waals surface area (Å²) in [7, 11) is -3.87. The molecule has 2 aliphatic heterocycles. The standard InChI is InChI=1S/C21H23F3N4O3S/c22-21(23,24)15-3-5-18(6-4-15)32(29,30)28-8-7-27-13-17(9-16(27)12-28)31-20-11-25-19(10-26-20)14-1-2-14/h3-6,10-11,14,16-17H,1-2,7-9,12-13H2/t16-,17+/m0/s1. The molecule has 0 N–H and O–H groups in total. The number of nitrogens with zero attached hydrogens (tertiary/aromatic N) is 4. The Morgan fingerprint density at radius 2 is 1.75 bits per heavy atom. The lowest BCUT2D eigenvalue weighted by Crippen LogP contribution is -2.51. The summed E-state index contributed by atoms with van der Waals surface area (Å²) in [6.07, 6.45) is 1.73. The molecule has 0 amide bonds. The first-order valence-corrected chi connectivity index (χ1v) is 12.0. The van der Waals surface area contributed by atoms with Crippen molar-refractivity contribution < 1.29 is 26.3 Å². The second-order valence-corrected chi connectivity index (χ2v) is 10.5. The molecule has 2 saturated heterocycles. The van der Waals surface area contributed by atoms with Gasteiger partial charge in [0.15, 0.2) is 0 Å². The second kappa shape index (κ2) is 7.96. The van der Waals surface area contributed by atoms with Gasteiger partial charge in [0.25, 0.3) is 0 Å². The smallest absolute Gasteiger partial charge is 0.416 e. The van der Waals surface area contributed by atoms with E-state index in [4.69, 9.17) is 4.74 Å². The number of fused-ring (bicyclic) bond motifs is 1. The zero-order valence-corrected chi connectivity index (χ0v) is 18.0. The molecule has 3 aliphatic rings. The first-order chi connectivity index (χ1) is 15.2. The number of hydrogen-bond acceptors (Lipinski definition) is 6. The molecule has 2 atom stereocenters. The van der Waals surface area contributed by atoms with Crippen molar-refractivity contribution in [2.24, 2.45) is 0 Å². The van der Waals surface area contributed by atoms with Crippen molar-refractivity contribution in [3.05, 3.63) is 47.9 Å². The summed E-state index contributed by atoms with van der Waals surface area (Å²) < 4.78 is 71.6. The quantitative estimate of drug-likeness (QED) is 0.672. The van der Waals surface area contributed by atoms with Gasteiger partial charge in [-0.2, -0.15) is 17.5 Å². The van der Waals surface area contributed by atoms with Gasteiger partial charge in [-0.05, 0) is 37.1 Å². The van der Waals surface area contributed by atoms with Crippen LogP contribution < -0.4 is 4.74 Å². The third kappa shape index (κ3) is 4.33. The first-order valence-electron chi connectivity index (χ1n) is 10.6. The minimum atomic E-state index is -4.50. The normalized spacial score (nSPS) is 25.0. The predicted molar refractivity (Wildman–Crippen MR) is 109 cm³/mol. The molecule has 1 aromatic carbocycles. The van der Waals surface area contributed by atoms with E-state index in [1.807, 2.05) is 0 Å². The van der Waals surface area contributed by atoms with Gasteiger partial charge >= 0.3 is 6.18 Å². The molecule has 0 unspecified atom stereocenters. The van der Waals surface area contributed by atoms with E-state index < -0.39 is 21.8 Å². The molecule has 7 nitrogen and oxygen atoms in total. The SMILES string of the molecule is O=S(=O)(c1ccc(C(F)(F)F)cc1)N1CCN2C[C@H](Oc3cnc(C4CC4)cn3)C[C@H]2C1. The van der Waals surface area contributed by atoms with Crippen molar-refractivity contribution in [3.63, 3.8) is 0 Å². The predicted octanol–water partition coefficient (Wildman–Crippen LogP) is 2.90. The van der Waals surface area contributed by atoms with Gasteiger partial charge in [-0.15, -0.1) is 0 Å². The van der Waals surface area contributed by atoms with E-state index >= 15 is 0 Å². The molecule has 0 bridgehead atoms. The summed E-state index contributed by atoms with van der Waals surface area (Å²) in [5, 5.41) is 0. The zero-order chi connectivity index (χ0) is 22.5. The third-order valence-corrected chi connectivity index (χ3v) is 8.17. The van der Waals surface area contributed by atoms with Gasteiger partial charge in [-0.1, -0.05) is 0 Å². The molecular formula is C21H23F3N4O3S. The number of sulfonamides is 1. The van der Waals surface area contributed by atoms with Crippen LogP contribution in [0.25, 0.3) is 0 Å². The van der Waals surface area contributed by atoms with Gasteiger partial charge in [0.05, 0.1) is 28.5 Å². The Kier molecular flexibility index (Phi) is 5.37. The van der Waals surface area contributed by atoms with Crippen molar-refractivity contribution >= 4 is 10.0 Å². The van der Waals surface area contributed by atoms with Crippen LogP contribution >= 0.6 is 0 Å². The van der Waals surface area contributed by atoms with E-state index in [-0.39, 0.29) is 30.1 Å². The molecule has 32 heavy (non-hydrogen) atoms. The van der Waals surface area contributed by atoms with Crippen molar-refractivity contribution in [2.75, 3.05) is 26.2 Å². The summed E-state index contributed by atoms with van der Waals surface area (Å²) in [6, 6.07) is 3.64. The van der Waals surface area contributed by atoms with Gasteiger partial charge < -0.3 is 4.74 Å². The fourth-order valence-corrected chi connectivity index (χ4v) is 5.85. The van der Waals surface area contributed by atoms with Gasteiger partial charge in [-0.3, -0.25) is 9.88 Å². The lowest BCUT2D eigenvalue weighted by molar-refractivity contribution is -0.137. The molecule has 3 fully saturated rings. The number of rotatable bonds is 5. The Morgan fingerprint density at radius 3 is 2.38 bits per heavy atom. The largest absolute Gasteiger partial charge is 0.472 e. The second-order valence-electron chi connectivity index (χ2n) is 8.56. The molecule has 1 aliphatic carbocycles. The first kappa shape index (κ1) is 21.6. The fourth-order valence-electron chi connectivity index (χ4n) is 4.38. The molecule has 172 valence electrons. The van der Waals surface area contributed by atoms with E-state index in [0.717, 1.165) is 42.8 Å². The van der Waals surface area contributed by atoms with Crippen molar-refractivity contribution in [3.8, 4) is 5.88 Å². The summed E-state index contributed by atoms with van der Waals surface area (Å²) in [5.74, 6) is 0.989. The fraction of sp³-hybridized carbons (Fsp3) is 0.524. The summed E-state index contributed by atoms with van der Waals surface area (Å²) in [5.41, 5.74) is 0.121. The third-order valence-electron chi connectivity index (χ3n) is 6.29. The van der Waals surface area contributed by atoms with Crippen LogP contribution in [-0.2, 0) is 16.2 Å². The van der Waals surface area contributed by atoms with Gasteiger partial charge in [0.2, 0.25) is 15.9 Å². The van der Waals surface area contributed by atoms with Crippen molar-refractivity contribution in [2.45, 2.75) is 48.4 Å². The Morgan fingerprint density at radius 1 is 1.00 bits per heavy atom. The Hall–Kier alpha value is -2.24. The van der Waals surface area contributed by atoms with Crippen LogP contribution in [0.15, 0.2) is 41.6 Å². The molecule has 11 heteroatoms.